The van der Waals surface area contributed by atoms with Crippen LogP contribution in [0.15, 0.2) is 53.4 Å². The van der Waals surface area contributed by atoms with Crippen LogP contribution in [0, 0.1) is 51.2 Å². The predicted octanol–water partition coefficient (Wildman–Crippen LogP) is 10.0. The van der Waals surface area contributed by atoms with E-state index in [1.165, 1.54) is 73.8 Å². The average molecular weight is 627 g/mol. The summed E-state index contributed by atoms with van der Waals surface area (Å²) in [6.07, 6.45) is 14.0. The third-order valence-corrected chi connectivity index (χ3v) is 15.8. The number of hydrogen-bond acceptors (Lipinski definition) is 4. The molecule has 0 bridgehead atoms. The molecule has 4 fully saturated rings. The number of benzene rings is 1. The highest BCUT2D eigenvalue weighted by atomic mass is 32.1. The Labute approximate surface area is 275 Å². The molecule has 9 atom stereocenters. The number of nitrogens with zero attached hydrogens (tertiary/aromatic N) is 1. The Bertz CT molecular complexity index is 1510. The number of carboxylic acid groups (broad SMARTS) is 1. The van der Waals surface area contributed by atoms with E-state index in [9.17, 15) is 9.90 Å². The van der Waals surface area contributed by atoms with Gasteiger partial charge in [-0.3, -0.25) is 0 Å². The molecule has 1 heterocycles. The molecule has 0 spiro atoms. The summed E-state index contributed by atoms with van der Waals surface area (Å²) in [6.45, 7) is 20.8. The molecule has 0 amide bonds. The number of aromatic carboxylic acids is 1. The molecule has 9 unspecified atom stereocenters. The van der Waals surface area contributed by atoms with Gasteiger partial charge in [0.25, 0.3) is 0 Å². The topological polar surface area (TPSA) is 62.2 Å². The normalized spacial score (nSPS) is 41.6. The van der Waals surface area contributed by atoms with E-state index >= 15 is 0 Å². The van der Waals surface area contributed by atoms with E-state index in [-0.39, 0.29) is 16.4 Å². The first-order valence-corrected chi connectivity index (χ1v) is 18.5. The summed E-state index contributed by atoms with van der Waals surface area (Å²) in [5.41, 5.74) is 8.64. The third kappa shape index (κ3) is 4.45. The van der Waals surface area contributed by atoms with E-state index in [1.807, 2.05) is 17.6 Å². The maximum Gasteiger partial charge on any atom is 0.335 e. The van der Waals surface area contributed by atoms with Gasteiger partial charge in [-0.2, -0.15) is 0 Å². The molecule has 0 aliphatic heterocycles. The molecule has 5 heteroatoms. The van der Waals surface area contributed by atoms with E-state index in [4.69, 9.17) is 0 Å². The number of rotatable bonds is 6. The van der Waals surface area contributed by atoms with Crippen LogP contribution in [0.25, 0.3) is 5.57 Å². The molecule has 7 rings (SSSR count). The van der Waals surface area contributed by atoms with Crippen molar-refractivity contribution in [3.05, 3.63) is 70.2 Å². The van der Waals surface area contributed by atoms with Crippen molar-refractivity contribution in [2.45, 2.75) is 111 Å². The molecular formula is C40H54N2O2S. The van der Waals surface area contributed by atoms with Gasteiger partial charge in [-0.25, -0.2) is 9.78 Å². The third-order valence-electron chi connectivity index (χ3n) is 15.2. The SMILES string of the molecule is C=C(C)C1CCC2(NCc3cscn3)CCC3(C)C(CCC4C5(C)CC=C(c6ccc(C(=O)O)cc6)C(C)(C)C5CCC43C)C12. The molecule has 4 saturated carbocycles. The summed E-state index contributed by atoms with van der Waals surface area (Å²) in [5.74, 6) is 2.44. The van der Waals surface area contributed by atoms with Crippen LogP contribution in [-0.4, -0.2) is 21.6 Å². The van der Waals surface area contributed by atoms with Crippen molar-refractivity contribution in [1.82, 2.24) is 10.3 Å². The first-order valence-electron chi connectivity index (χ1n) is 17.6. The molecule has 2 N–H and O–H groups in total. The lowest BCUT2D eigenvalue weighted by molar-refractivity contribution is -0.219. The van der Waals surface area contributed by atoms with Gasteiger partial charge in [0.1, 0.15) is 0 Å². The lowest BCUT2D eigenvalue weighted by Crippen LogP contribution is -2.67. The number of aromatic nitrogens is 1. The van der Waals surface area contributed by atoms with Crippen LogP contribution in [0.5, 0.6) is 0 Å². The Balaban J connectivity index is 1.21. The quantitative estimate of drug-likeness (QED) is 0.313. The van der Waals surface area contributed by atoms with Crippen molar-refractivity contribution in [3.8, 4) is 0 Å². The molecule has 242 valence electrons. The van der Waals surface area contributed by atoms with Crippen molar-refractivity contribution in [2.24, 2.45) is 51.2 Å². The number of carboxylic acids is 1. The van der Waals surface area contributed by atoms with E-state index in [2.05, 4.69) is 69.9 Å². The molecule has 0 saturated heterocycles. The molecule has 5 aliphatic carbocycles. The van der Waals surface area contributed by atoms with Gasteiger partial charge in [-0.15, -0.1) is 11.3 Å². The van der Waals surface area contributed by atoms with Crippen molar-refractivity contribution >= 4 is 22.9 Å². The van der Waals surface area contributed by atoms with Gasteiger partial charge >= 0.3 is 5.97 Å². The Morgan fingerprint density at radius 3 is 2.40 bits per heavy atom. The highest BCUT2D eigenvalue weighted by Gasteiger charge is 2.70. The monoisotopic (exact) mass is 626 g/mol. The van der Waals surface area contributed by atoms with Gasteiger partial charge in [-0.1, -0.05) is 65.0 Å². The minimum Gasteiger partial charge on any atom is -0.478 e. The minimum absolute atomic E-state index is 0.0364. The number of nitrogens with one attached hydrogen (secondary N) is 1. The molecule has 4 nitrogen and oxygen atoms in total. The minimum atomic E-state index is -0.857. The predicted molar refractivity (Wildman–Crippen MR) is 185 cm³/mol. The lowest BCUT2D eigenvalue weighted by Gasteiger charge is -2.72. The molecule has 1 aromatic heterocycles. The number of allylic oxidation sites excluding steroid dienone is 3. The van der Waals surface area contributed by atoms with Crippen LogP contribution in [-0.2, 0) is 6.54 Å². The van der Waals surface area contributed by atoms with E-state index < -0.39 is 5.97 Å². The number of hydrogen-bond donors (Lipinski definition) is 2. The van der Waals surface area contributed by atoms with Crippen LogP contribution in [0.3, 0.4) is 0 Å². The van der Waals surface area contributed by atoms with Crippen molar-refractivity contribution < 1.29 is 9.90 Å². The first-order chi connectivity index (χ1) is 21.3. The van der Waals surface area contributed by atoms with Gasteiger partial charge in [0.2, 0.25) is 0 Å². The van der Waals surface area contributed by atoms with Crippen LogP contribution < -0.4 is 5.32 Å². The lowest BCUT2D eigenvalue weighted by atomic mass is 9.33. The van der Waals surface area contributed by atoms with Crippen molar-refractivity contribution in [2.75, 3.05) is 0 Å². The summed E-state index contributed by atoms with van der Waals surface area (Å²) in [7, 11) is 0. The number of fused-ring (bicyclic) bond motifs is 7. The zero-order chi connectivity index (χ0) is 32.0. The summed E-state index contributed by atoms with van der Waals surface area (Å²) in [4.78, 5) is 16.2. The fourth-order valence-corrected chi connectivity index (χ4v) is 13.5. The standard InChI is InChI=1S/C40H54N2O2S/c1-25(2)29-14-19-40(42-22-28-23-45-24-41-28)21-20-38(6)31(34(29)40)12-13-33-37(5)17-15-30(26-8-10-27(11-9-26)35(43)44)36(3,4)32(37)16-18-39(33,38)7/h8-11,15,23-24,29,31-34,42H,1,12-14,16-22H2,2-7H3,(H,43,44). The van der Waals surface area contributed by atoms with Crippen LogP contribution in [0.4, 0.5) is 0 Å². The van der Waals surface area contributed by atoms with Crippen LogP contribution >= 0.6 is 11.3 Å². The zero-order valence-corrected chi connectivity index (χ0v) is 29.2. The van der Waals surface area contributed by atoms with Gasteiger partial charge in [-0.05, 0) is 139 Å². The van der Waals surface area contributed by atoms with Gasteiger partial charge in [0.05, 0.1) is 16.8 Å². The summed E-state index contributed by atoms with van der Waals surface area (Å²) in [6, 6.07) is 7.63. The number of thiazole rings is 1. The first kappa shape index (κ1) is 31.4. The van der Waals surface area contributed by atoms with Crippen molar-refractivity contribution in [1.29, 1.82) is 0 Å². The second-order valence-electron chi connectivity index (χ2n) is 17.1. The smallest absolute Gasteiger partial charge is 0.335 e. The maximum absolute atomic E-state index is 11.5. The Hall–Kier alpha value is -2.24. The van der Waals surface area contributed by atoms with Crippen LogP contribution in [0.1, 0.15) is 121 Å². The Morgan fingerprint density at radius 1 is 0.978 bits per heavy atom. The second-order valence-corrected chi connectivity index (χ2v) is 17.8. The van der Waals surface area contributed by atoms with Crippen molar-refractivity contribution in [3.63, 3.8) is 0 Å². The van der Waals surface area contributed by atoms with Gasteiger partial charge < -0.3 is 10.4 Å². The van der Waals surface area contributed by atoms with E-state index in [0.29, 0.717) is 40.1 Å². The summed E-state index contributed by atoms with van der Waals surface area (Å²) in [5, 5.41) is 15.8. The molecule has 5 aliphatic rings. The Kier molecular flexibility index (Phi) is 7.41. The molecular weight excluding hydrogens is 573 g/mol. The largest absolute Gasteiger partial charge is 0.478 e. The highest BCUT2D eigenvalue weighted by Crippen LogP contribution is 2.76. The fourth-order valence-electron chi connectivity index (χ4n) is 12.9. The Morgan fingerprint density at radius 2 is 1.73 bits per heavy atom. The summed E-state index contributed by atoms with van der Waals surface area (Å²) < 4.78 is 0. The second kappa shape index (κ2) is 10.6. The van der Waals surface area contributed by atoms with Gasteiger partial charge in [0, 0.05) is 17.5 Å². The fraction of sp³-hybridized carbons (Fsp3) is 0.650. The average Bonchev–Trinajstić information content (AvgIpc) is 3.65. The van der Waals surface area contributed by atoms with Gasteiger partial charge in [0.15, 0.2) is 0 Å². The zero-order valence-electron chi connectivity index (χ0n) is 28.4. The molecule has 0 radical (unpaired) electrons. The summed E-state index contributed by atoms with van der Waals surface area (Å²) >= 11 is 1.70. The van der Waals surface area contributed by atoms with E-state index in [0.717, 1.165) is 18.9 Å². The maximum atomic E-state index is 11.5. The van der Waals surface area contributed by atoms with E-state index in [1.54, 1.807) is 23.5 Å². The molecule has 2 aromatic rings. The molecule has 45 heavy (non-hydrogen) atoms. The number of carbonyl (C=O) groups is 1. The molecule has 1 aromatic carbocycles. The van der Waals surface area contributed by atoms with Crippen LogP contribution in [0.2, 0.25) is 0 Å². The highest BCUT2D eigenvalue weighted by molar-refractivity contribution is 7.07.